The number of ether oxygens (including phenoxy) is 2. The summed E-state index contributed by atoms with van der Waals surface area (Å²) in [5, 5.41) is 11.5. The summed E-state index contributed by atoms with van der Waals surface area (Å²) in [6.45, 7) is -0.168. The molecule has 0 aliphatic carbocycles. The molecule has 1 amide bonds. The second-order valence-electron chi connectivity index (χ2n) is 4.81. The number of aromatic nitrogens is 1. The van der Waals surface area contributed by atoms with Crippen molar-refractivity contribution in [1.29, 1.82) is 0 Å². The second-order valence-corrected chi connectivity index (χ2v) is 4.81. The molecule has 0 atom stereocenters. The van der Waals surface area contributed by atoms with Crippen molar-refractivity contribution < 1.29 is 24.2 Å². The van der Waals surface area contributed by atoms with Crippen LogP contribution in [0.4, 0.5) is 5.69 Å². The molecule has 0 fully saturated rings. The van der Waals surface area contributed by atoms with Gasteiger partial charge in [-0.2, -0.15) is 0 Å². The maximum absolute atomic E-state index is 12.0. The van der Waals surface area contributed by atoms with E-state index in [0.717, 1.165) is 16.8 Å². The molecule has 0 radical (unpaired) electrons. The Hall–Kier alpha value is -3.29. The van der Waals surface area contributed by atoms with Gasteiger partial charge in [-0.15, -0.1) is 0 Å². The Balaban J connectivity index is 1.73. The topological polar surface area (TPSA) is 107 Å². The van der Waals surface area contributed by atoms with E-state index in [4.69, 9.17) is 14.6 Å². The molecule has 8 heteroatoms. The summed E-state index contributed by atoms with van der Waals surface area (Å²) in [5.41, 5.74) is -0.0435. The van der Waals surface area contributed by atoms with Crippen molar-refractivity contribution in [2.45, 2.75) is 6.54 Å². The highest BCUT2D eigenvalue weighted by Crippen LogP contribution is 2.34. The van der Waals surface area contributed by atoms with Crippen LogP contribution in [-0.2, 0) is 11.3 Å². The summed E-state index contributed by atoms with van der Waals surface area (Å²) in [5.74, 6) is -0.523. The van der Waals surface area contributed by atoms with Gasteiger partial charge in [0.05, 0.1) is 5.56 Å². The molecule has 118 valence electrons. The molecular weight excluding hydrogens is 304 g/mol. The number of nitrogens with one attached hydrogen (secondary N) is 1. The van der Waals surface area contributed by atoms with Crippen molar-refractivity contribution in [2.24, 2.45) is 0 Å². The molecule has 1 aliphatic heterocycles. The molecule has 3 rings (SSSR count). The summed E-state index contributed by atoms with van der Waals surface area (Å²) in [6.07, 6.45) is 1.13. The van der Waals surface area contributed by atoms with E-state index in [1.807, 2.05) is 0 Å². The minimum atomic E-state index is -1.17. The number of carboxylic acids is 1. The lowest BCUT2D eigenvalue weighted by atomic mass is 10.2. The predicted molar refractivity (Wildman–Crippen MR) is 78.9 cm³/mol. The molecule has 2 aromatic rings. The van der Waals surface area contributed by atoms with Crippen LogP contribution in [0.25, 0.3) is 0 Å². The number of carbonyl (C=O) groups is 2. The van der Waals surface area contributed by atoms with Gasteiger partial charge in [0.1, 0.15) is 6.54 Å². The van der Waals surface area contributed by atoms with Gasteiger partial charge in [-0.3, -0.25) is 9.59 Å². The summed E-state index contributed by atoms with van der Waals surface area (Å²) < 4.78 is 11.4. The van der Waals surface area contributed by atoms with Crippen molar-refractivity contribution in [1.82, 2.24) is 4.57 Å². The number of aromatic carboxylic acids is 1. The molecule has 0 bridgehead atoms. The Bertz CT molecular complexity index is 842. The van der Waals surface area contributed by atoms with Crippen LogP contribution in [0.2, 0.25) is 0 Å². The van der Waals surface area contributed by atoms with Crippen molar-refractivity contribution in [3.8, 4) is 11.5 Å². The molecule has 0 unspecified atom stereocenters. The number of carbonyl (C=O) groups excluding carboxylic acids is 1. The van der Waals surface area contributed by atoms with E-state index in [1.54, 1.807) is 18.2 Å². The maximum Gasteiger partial charge on any atom is 0.337 e. The molecule has 2 heterocycles. The Kier molecular flexibility index (Phi) is 3.71. The van der Waals surface area contributed by atoms with Gasteiger partial charge in [0.25, 0.3) is 5.56 Å². The van der Waals surface area contributed by atoms with E-state index in [2.05, 4.69) is 5.32 Å². The van der Waals surface area contributed by atoms with Crippen LogP contribution in [0.1, 0.15) is 10.4 Å². The fourth-order valence-corrected chi connectivity index (χ4v) is 2.11. The molecule has 0 saturated carbocycles. The van der Waals surface area contributed by atoms with Crippen LogP contribution < -0.4 is 20.3 Å². The number of amides is 1. The van der Waals surface area contributed by atoms with Crippen molar-refractivity contribution in [2.75, 3.05) is 12.1 Å². The minimum Gasteiger partial charge on any atom is -0.478 e. The molecule has 8 nitrogen and oxygen atoms in total. The number of anilines is 1. The van der Waals surface area contributed by atoms with E-state index in [0.29, 0.717) is 17.2 Å². The van der Waals surface area contributed by atoms with Crippen LogP contribution in [0.3, 0.4) is 0 Å². The Morgan fingerprint density at radius 2 is 1.96 bits per heavy atom. The first-order valence-electron chi connectivity index (χ1n) is 6.66. The monoisotopic (exact) mass is 316 g/mol. The van der Waals surface area contributed by atoms with Gasteiger partial charge in [0, 0.05) is 24.0 Å². The highest BCUT2D eigenvalue weighted by molar-refractivity contribution is 5.91. The lowest BCUT2D eigenvalue weighted by Crippen LogP contribution is -2.27. The summed E-state index contributed by atoms with van der Waals surface area (Å²) in [7, 11) is 0. The quantitative estimate of drug-likeness (QED) is 0.868. The number of hydrogen-bond acceptors (Lipinski definition) is 5. The number of carboxylic acid groups (broad SMARTS) is 1. The number of benzene rings is 1. The van der Waals surface area contributed by atoms with Crippen LogP contribution in [0.5, 0.6) is 11.5 Å². The highest BCUT2D eigenvalue weighted by atomic mass is 16.7. The van der Waals surface area contributed by atoms with Crippen LogP contribution in [-0.4, -0.2) is 28.3 Å². The van der Waals surface area contributed by atoms with Gasteiger partial charge in [-0.25, -0.2) is 4.79 Å². The third kappa shape index (κ3) is 3.15. The molecule has 23 heavy (non-hydrogen) atoms. The predicted octanol–water partition coefficient (Wildman–Crippen LogP) is 0.914. The molecule has 1 aliphatic rings. The van der Waals surface area contributed by atoms with Crippen molar-refractivity contribution in [3.05, 3.63) is 52.4 Å². The lowest BCUT2D eigenvalue weighted by Gasteiger charge is -2.08. The van der Waals surface area contributed by atoms with E-state index >= 15 is 0 Å². The lowest BCUT2D eigenvalue weighted by molar-refractivity contribution is -0.116. The van der Waals surface area contributed by atoms with Gasteiger partial charge in [-0.05, 0) is 18.2 Å². The fourth-order valence-electron chi connectivity index (χ4n) is 2.11. The van der Waals surface area contributed by atoms with E-state index in [-0.39, 0.29) is 18.9 Å². The number of fused-ring (bicyclic) bond motifs is 1. The normalized spacial score (nSPS) is 12.0. The number of hydrogen-bond donors (Lipinski definition) is 2. The first kappa shape index (κ1) is 14.6. The zero-order chi connectivity index (χ0) is 16.4. The zero-order valence-electron chi connectivity index (χ0n) is 11.8. The SMILES string of the molecule is O=C(Cn1cc(C(=O)O)ccc1=O)Nc1ccc2c(c1)OCO2. The van der Waals surface area contributed by atoms with Gasteiger partial charge < -0.3 is 24.5 Å². The molecule has 1 aromatic heterocycles. The van der Waals surface area contributed by atoms with E-state index < -0.39 is 17.4 Å². The van der Waals surface area contributed by atoms with E-state index in [1.165, 1.54) is 6.07 Å². The summed E-state index contributed by atoms with van der Waals surface area (Å²) in [4.78, 5) is 34.6. The zero-order valence-corrected chi connectivity index (χ0v) is 11.8. The van der Waals surface area contributed by atoms with Crippen LogP contribution in [0.15, 0.2) is 41.3 Å². The van der Waals surface area contributed by atoms with Gasteiger partial charge in [0.15, 0.2) is 11.5 Å². The molecular formula is C15H12N2O6. The molecule has 1 aromatic carbocycles. The van der Waals surface area contributed by atoms with Crippen molar-refractivity contribution >= 4 is 17.6 Å². The highest BCUT2D eigenvalue weighted by Gasteiger charge is 2.14. The number of pyridine rings is 1. The largest absolute Gasteiger partial charge is 0.478 e. The van der Waals surface area contributed by atoms with Gasteiger partial charge in [0.2, 0.25) is 12.7 Å². The first-order valence-corrected chi connectivity index (χ1v) is 6.66. The number of nitrogens with zero attached hydrogens (tertiary/aromatic N) is 1. The Labute approximate surface area is 129 Å². The third-order valence-corrected chi connectivity index (χ3v) is 3.20. The average Bonchev–Trinajstić information content (AvgIpc) is 2.96. The van der Waals surface area contributed by atoms with E-state index in [9.17, 15) is 14.4 Å². The summed E-state index contributed by atoms with van der Waals surface area (Å²) in [6, 6.07) is 7.21. The van der Waals surface area contributed by atoms with Crippen molar-refractivity contribution in [3.63, 3.8) is 0 Å². The van der Waals surface area contributed by atoms with Crippen LogP contribution >= 0.6 is 0 Å². The van der Waals surface area contributed by atoms with Crippen LogP contribution in [0, 0.1) is 0 Å². The maximum atomic E-state index is 12.0. The Morgan fingerprint density at radius 1 is 1.17 bits per heavy atom. The van der Waals surface area contributed by atoms with Gasteiger partial charge >= 0.3 is 5.97 Å². The molecule has 2 N–H and O–H groups in total. The smallest absolute Gasteiger partial charge is 0.337 e. The third-order valence-electron chi connectivity index (χ3n) is 3.20. The van der Waals surface area contributed by atoms with Gasteiger partial charge in [-0.1, -0.05) is 0 Å². The summed E-state index contributed by atoms with van der Waals surface area (Å²) >= 11 is 0. The standard InChI is InChI=1S/C15H12N2O6/c18-13(7-17-6-9(15(20)21)1-4-14(17)19)16-10-2-3-11-12(5-10)23-8-22-11/h1-6H,7-8H2,(H,16,18)(H,20,21). The molecule has 0 saturated heterocycles. The average molecular weight is 316 g/mol. The number of rotatable bonds is 4. The molecule has 0 spiro atoms. The second kappa shape index (κ2) is 5.84. The Morgan fingerprint density at radius 3 is 2.74 bits per heavy atom. The minimum absolute atomic E-state index is 0.0690. The first-order chi connectivity index (χ1) is 11.0. The fraction of sp³-hybridized carbons (Fsp3) is 0.133.